The number of amides is 1. The summed E-state index contributed by atoms with van der Waals surface area (Å²) in [5, 5.41) is 3.30. The van der Waals surface area contributed by atoms with E-state index in [0.29, 0.717) is 18.2 Å². The summed E-state index contributed by atoms with van der Waals surface area (Å²) in [7, 11) is 0. The van der Waals surface area contributed by atoms with Crippen LogP contribution in [0.3, 0.4) is 0 Å². The average Bonchev–Trinajstić information content (AvgIpc) is 2.83. The monoisotopic (exact) mass is 234 g/mol. The molecule has 0 aliphatic carbocycles. The standard InChI is InChI=1S/C13H18N2O2/c1-10-4-6-11(7-5-10)13(16)15-17-9-12-3-2-8-14-12/h4-7,12,14H,2-3,8-9H2,1H3,(H,15,16). The lowest BCUT2D eigenvalue weighted by molar-refractivity contribution is 0.0242. The maximum atomic E-state index is 11.7. The molecule has 1 aromatic carbocycles. The van der Waals surface area contributed by atoms with Crippen LogP contribution in [0.4, 0.5) is 0 Å². The highest BCUT2D eigenvalue weighted by molar-refractivity contribution is 5.93. The van der Waals surface area contributed by atoms with Gasteiger partial charge in [0.15, 0.2) is 0 Å². The van der Waals surface area contributed by atoms with Gasteiger partial charge >= 0.3 is 0 Å². The smallest absolute Gasteiger partial charge is 0.274 e. The predicted octanol–water partition coefficient (Wildman–Crippen LogP) is 1.41. The van der Waals surface area contributed by atoms with Gasteiger partial charge in [-0.2, -0.15) is 0 Å². The molecule has 1 aromatic rings. The van der Waals surface area contributed by atoms with Crippen LogP contribution in [-0.2, 0) is 4.84 Å². The summed E-state index contributed by atoms with van der Waals surface area (Å²) in [6.07, 6.45) is 2.29. The second-order valence-electron chi connectivity index (χ2n) is 4.40. The van der Waals surface area contributed by atoms with Gasteiger partial charge in [0.2, 0.25) is 0 Å². The van der Waals surface area contributed by atoms with Gasteiger partial charge in [-0.15, -0.1) is 0 Å². The van der Waals surface area contributed by atoms with E-state index in [9.17, 15) is 4.79 Å². The third-order valence-electron chi connectivity index (χ3n) is 2.93. The summed E-state index contributed by atoms with van der Waals surface area (Å²) in [6.45, 7) is 3.56. The second kappa shape index (κ2) is 5.80. The van der Waals surface area contributed by atoms with Crippen LogP contribution in [0.25, 0.3) is 0 Å². The molecule has 1 fully saturated rings. The fourth-order valence-corrected chi connectivity index (χ4v) is 1.87. The topological polar surface area (TPSA) is 50.4 Å². The highest BCUT2D eigenvalue weighted by Crippen LogP contribution is 2.05. The van der Waals surface area contributed by atoms with E-state index >= 15 is 0 Å². The van der Waals surface area contributed by atoms with Crippen molar-refractivity contribution in [2.45, 2.75) is 25.8 Å². The Morgan fingerprint density at radius 3 is 2.88 bits per heavy atom. The molecule has 0 aromatic heterocycles. The third kappa shape index (κ3) is 3.54. The van der Waals surface area contributed by atoms with Crippen LogP contribution in [-0.4, -0.2) is 25.1 Å². The van der Waals surface area contributed by atoms with Crippen molar-refractivity contribution < 1.29 is 9.63 Å². The van der Waals surface area contributed by atoms with E-state index in [0.717, 1.165) is 18.5 Å². The minimum Gasteiger partial charge on any atom is -0.312 e. The van der Waals surface area contributed by atoms with Gasteiger partial charge in [0.1, 0.15) is 0 Å². The first-order valence-corrected chi connectivity index (χ1v) is 5.98. The Morgan fingerprint density at radius 2 is 2.24 bits per heavy atom. The second-order valence-corrected chi connectivity index (χ2v) is 4.40. The SMILES string of the molecule is Cc1ccc(C(=O)NOCC2CCCN2)cc1. The summed E-state index contributed by atoms with van der Waals surface area (Å²) < 4.78 is 0. The normalized spacial score (nSPS) is 19.2. The molecular weight excluding hydrogens is 216 g/mol. The highest BCUT2D eigenvalue weighted by atomic mass is 16.7. The molecule has 1 unspecified atom stereocenters. The lowest BCUT2D eigenvalue weighted by Crippen LogP contribution is -2.32. The quantitative estimate of drug-likeness (QED) is 0.774. The Bertz CT molecular complexity index is 370. The summed E-state index contributed by atoms with van der Waals surface area (Å²) in [5.74, 6) is -0.192. The van der Waals surface area contributed by atoms with Gasteiger partial charge in [0.05, 0.1) is 6.61 Å². The zero-order valence-corrected chi connectivity index (χ0v) is 10.0. The van der Waals surface area contributed by atoms with Gasteiger partial charge in [-0.3, -0.25) is 9.63 Å². The Morgan fingerprint density at radius 1 is 1.47 bits per heavy atom. The van der Waals surface area contributed by atoms with E-state index in [1.165, 1.54) is 6.42 Å². The van der Waals surface area contributed by atoms with E-state index in [1.807, 2.05) is 19.1 Å². The zero-order chi connectivity index (χ0) is 12.1. The first kappa shape index (κ1) is 12.1. The molecule has 1 aliphatic heterocycles. The number of hydroxylamine groups is 1. The molecule has 0 bridgehead atoms. The Labute approximate surface area is 101 Å². The number of rotatable bonds is 4. The van der Waals surface area contributed by atoms with Gasteiger partial charge in [0.25, 0.3) is 5.91 Å². The number of carbonyl (C=O) groups is 1. The predicted molar refractivity (Wildman–Crippen MR) is 65.6 cm³/mol. The first-order valence-electron chi connectivity index (χ1n) is 5.98. The summed E-state index contributed by atoms with van der Waals surface area (Å²) in [6, 6.07) is 7.78. The van der Waals surface area contributed by atoms with Crippen molar-refractivity contribution in [2.24, 2.45) is 0 Å². The molecular formula is C13H18N2O2. The molecule has 1 saturated heterocycles. The van der Waals surface area contributed by atoms with Crippen LogP contribution in [0, 0.1) is 6.92 Å². The number of hydrogen-bond acceptors (Lipinski definition) is 3. The summed E-state index contributed by atoms with van der Waals surface area (Å²) in [4.78, 5) is 16.9. The molecule has 1 amide bonds. The fourth-order valence-electron chi connectivity index (χ4n) is 1.87. The molecule has 17 heavy (non-hydrogen) atoms. The van der Waals surface area contributed by atoms with Gasteiger partial charge in [0, 0.05) is 11.6 Å². The Balaban J connectivity index is 1.75. The lowest BCUT2D eigenvalue weighted by atomic mass is 10.1. The van der Waals surface area contributed by atoms with Crippen molar-refractivity contribution in [3.05, 3.63) is 35.4 Å². The molecule has 4 nitrogen and oxygen atoms in total. The van der Waals surface area contributed by atoms with Crippen LogP contribution >= 0.6 is 0 Å². The first-order chi connectivity index (χ1) is 8.25. The molecule has 0 saturated carbocycles. The van der Waals surface area contributed by atoms with E-state index in [-0.39, 0.29) is 5.91 Å². The van der Waals surface area contributed by atoms with Gasteiger partial charge in [-0.05, 0) is 38.4 Å². The van der Waals surface area contributed by atoms with E-state index in [4.69, 9.17) is 4.84 Å². The largest absolute Gasteiger partial charge is 0.312 e. The van der Waals surface area contributed by atoms with Crippen molar-refractivity contribution in [1.82, 2.24) is 10.8 Å². The van der Waals surface area contributed by atoms with Crippen LogP contribution in [0.5, 0.6) is 0 Å². The summed E-state index contributed by atoms with van der Waals surface area (Å²) in [5.41, 5.74) is 4.22. The van der Waals surface area contributed by atoms with E-state index in [1.54, 1.807) is 12.1 Å². The molecule has 2 N–H and O–H groups in total. The van der Waals surface area contributed by atoms with Gasteiger partial charge in [-0.1, -0.05) is 17.7 Å². The number of hydrogen-bond donors (Lipinski definition) is 2. The van der Waals surface area contributed by atoms with Gasteiger partial charge < -0.3 is 5.32 Å². The number of aryl methyl sites for hydroxylation is 1. The third-order valence-corrected chi connectivity index (χ3v) is 2.93. The van der Waals surface area contributed by atoms with Crippen molar-refractivity contribution in [3.63, 3.8) is 0 Å². The molecule has 92 valence electrons. The average molecular weight is 234 g/mol. The van der Waals surface area contributed by atoms with Crippen molar-refractivity contribution in [3.8, 4) is 0 Å². The molecule has 1 aliphatic rings. The number of carbonyl (C=O) groups excluding carboxylic acids is 1. The molecule has 2 rings (SSSR count). The van der Waals surface area contributed by atoms with Crippen molar-refractivity contribution >= 4 is 5.91 Å². The van der Waals surface area contributed by atoms with Crippen LogP contribution in [0.15, 0.2) is 24.3 Å². The maximum absolute atomic E-state index is 11.7. The molecule has 1 heterocycles. The minimum atomic E-state index is -0.192. The van der Waals surface area contributed by atoms with Gasteiger partial charge in [-0.25, -0.2) is 5.48 Å². The van der Waals surface area contributed by atoms with E-state index in [2.05, 4.69) is 10.8 Å². The molecule has 0 radical (unpaired) electrons. The molecule has 0 spiro atoms. The molecule has 4 heteroatoms. The van der Waals surface area contributed by atoms with Crippen LogP contribution < -0.4 is 10.8 Å². The number of nitrogens with one attached hydrogen (secondary N) is 2. The summed E-state index contributed by atoms with van der Waals surface area (Å²) >= 11 is 0. The maximum Gasteiger partial charge on any atom is 0.274 e. The Kier molecular flexibility index (Phi) is 4.12. The van der Waals surface area contributed by atoms with Crippen molar-refractivity contribution in [2.75, 3.05) is 13.2 Å². The van der Waals surface area contributed by atoms with Crippen LogP contribution in [0.1, 0.15) is 28.8 Å². The fraction of sp³-hybridized carbons (Fsp3) is 0.462. The van der Waals surface area contributed by atoms with Crippen molar-refractivity contribution in [1.29, 1.82) is 0 Å². The lowest BCUT2D eigenvalue weighted by Gasteiger charge is -2.11. The van der Waals surface area contributed by atoms with E-state index < -0.39 is 0 Å². The molecule has 1 atom stereocenters. The minimum absolute atomic E-state index is 0.192. The zero-order valence-electron chi connectivity index (χ0n) is 10.0. The Hall–Kier alpha value is -1.39. The highest BCUT2D eigenvalue weighted by Gasteiger charge is 2.14. The van der Waals surface area contributed by atoms with Crippen LogP contribution in [0.2, 0.25) is 0 Å². The number of benzene rings is 1.